The number of likely N-dealkylation sites (tertiary alicyclic amines) is 1. The summed E-state index contributed by atoms with van der Waals surface area (Å²) in [5.41, 5.74) is 0.471. The predicted molar refractivity (Wildman–Crippen MR) is 102 cm³/mol. The lowest BCUT2D eigenvalue weighted by molar-refractivity contribution is -0.129. The molecule has 0 spiro atoms. The van der Waals surface area contributed by atoms with E-state index >= 15 is 0 Å². The molecule has 1 aliphatic heterocycles. The maximum Gasteiger partial charge on any atom is 0.222 e. The molecule has 1 saturated heterocycles. The zero-order valence-electron chi connectivity index (χ0n) is 14.3. The topological polar surface area (TPSA) is 56.7 Å². The first-order chi connectivity index (χ1) is 9.96. The molecular weight excluding hydrogens is 391 g/mol. The molecule has 1 heterocycles. The number of carbonyl (C=O) groups excluding carboxylic acids is 1. The van der Waals surface area contributed by atoms with Crippen molar-refractivity contribution >= 4 is 35.8 Å². The average molecular weight is 422 g/mol. The summed E-state index contributed by atoms with van der Waals surface area (Å²) in [6, 6.07) is 0.325. The van der Waals surface area contributed by atoms with Crippen molar-refractivity contribution in [3.8, 4) is 0 Å². The van der Waals surface area contributed by atoms with Crippen molar-refractivity contribution in [2.45, 2.75) is 53.0 Å². The van der Waals surface area contributed by atoms with E-state index in [-0.39, 0.29) is 29.9 Å². The number of carbonyl (C=O) groups is 1. The first kappa shape index (κ1) is 19.5. The van der Waals surface area contributed by atoms with E-state index in [1.165, 1.54) is 6.42 Å². The molecule has 5 nitrogen and oxygen atoms in total. The van der Waals surface area contributed by atoms with Gasteiger partial charge in [0.1, 0.15) is 0 Å². The molecule has 2 unspecified atom stereocenters. The van der Waals surface area contributed by atoms with Crippen molar-refractivity contribution in [3.05, 3.63) is 0 Å². The lowest BCUT2D eigenvalue weighted by Gasteiger charge is -2.18. The lowest BCUT2D eigenvalue weighted by Crippen LogP contribution is -2.45. The van der Waals surface area contributed by atoms with E-state index in [1.54, 1.807) is 0 Å². The smallest absolute Gasteiger partial charge is 0.222 e. The number of amides is 1. The number of nitrogens with one attached hydrogen (secondary N) is 2. The summed E-state index contributed by atoms with van der Waals surface area (Å²) in [6.07, 6.45) is 2.88. The predicted octanol–water partition coefficient (Wildman–Crippen LogP) is 2.22. The molecular formula is C16H31IN4O. The number of nitrogens with zero attached hydrogens (tertiary/aromatic N) is 2. The molecule has 1 amide bonds. The second-order valence-electron chi connectivity index (χ2n) is 6.93. The Hall–Kier alpha value is -0.530. The van der Waals surface area contributed by atoms with Crippen molar-refractivity contribution < 1.29 is 4.79 Å². The lowest BCUT2D eigenvalue weighted by atomic mass is 10.1. The molecule has 2 atom stereocenters. The summed E-state index contributed by atoms with van der Waals surface area (Å²) in [6.45, 7) is 12.0. The number of hydrogen-bond acceptors (Lipinski definition) is 2. The Bertz CT molecular complexity index is 411. The van der Waals surface area contributed by atoms with E-state index in [4.69, 9.17) is 4.99 Å². The molecule has 2 N–H and O–H groups in total. The Morgan fingerprint density at radius 3 is 2.59 bits per heavy atom. The summed E-state index contributed by atoms with van der Waals surface area (Å²) in [7, 11) is 0. The molecule has 2 rings (SSSR count). The minimum Gasteiger partial charge on any atom is -0.357 e. The molecule has 0 radical (unpaired) electrons. The van der Waals surface area contributed by atoms with Gasteiger partial charge in [0.15, 0.2) is 5.96 Å². The molecule has 6 heteroatoms. The average Bonchev–Trinajstić information content (AvgIpc) is 2.86. The minimum absolute atomic E-state index is 0. The van der Waals surface area contributed by atoms with Crippen LogP contribution >= 0.6 is 24.0 Å². The molecule has 2 fully saturated rings. The van der Waals surface area contributed by atoms with Crippen molar-refractivity contribution in [2.24, 2.45) is 16.3 Å². The summed E-state index contributed by atoms with van der Waals surface area (Å²) in [4.78, 5) is 18.4. The van der Waals surface area contributed by atoms with Gasteiger partial charge in [0.2, 0.25) is 5.91 Å². The van der Waals surface area contributed by atoms with Gasteiger partial charge in [-0.1, -0.05) is 20.8 Å². The van der Waals surface area contributed by atoms with Gasteiger partial charge < -0.3 is 15.5 Å². The molecule has 1 aliphatic carbocycles. The molecule has 0 bridgehead atoms. The van der Waals surface area contributed by atoms with Gasteiger partial charge >= 0.3 is 0 Å². The van der Waals surface area contributed by atoms with Crippen molar-refractivity contribution in [3.63, 3.8) is 0 Å². The fourth-order valence-corrected chi connectivity index (χ4v) is 2.93. The Labute approximate surface area is 151 Å². The van der Waals surface area contributed by atoms with Crippen LogP contribution in [0.1, 0.15) is 47.0 Å². The quantitative estimate of drug-likeness (QED) is 0.406. The third kappa shape index (κ3) is 5.28. The highest BCUT2D eigenvalue weighted by atomic mass is 127. The first-order valence-electron chi connectivity index (χ1n) is 8.29. The van der Waals surface area contributed by atoms with Crippen LogP contribution in [0.4, 0.5) is 0 Å². The van der Waals surface area contributed by atoms with E-state index in [1.807, 2.05) is 11.8 Å². The van der Waals surface area contributed by atoms with Crippen LogP contribution in [-0.2, 0) is 4.79 Å². The SMILES string of the molecule is CCNC(=NCC1CC1(C)C)NC1CCN(C(=O)CC)C1.I. The van der Waals surface area contributed by atoms with Gasteiger partial charge in [0.25, 0.3) is 0 Å². The van der Waals surface area contributed by atoms with Crippen molar-refractivity contribution in [1.82, 2.24) is 15.5 Å². The summed E-state index contributed by atoms with van der Waals surface area (Å²) in [5, 5.41) is 6.79. The van der Waals surface area contributed by atoms with Gasteiger partial charge in [-0.25, -0.2) is 0 Å². The molecule has 0 aromatic rings. The highest BCUT2D eigenvalue weighted by Gasteiger charge is 2.45. The summed E-state index contributed by atoms with van der Waals surface area (Å²) < 4.78 is 0. The monoisotopic (exact) mass is 422 g/mol. The largest absolute Gasteiger partial charge is 0.357 e. The van der Waals surface area contributed by atoms with Gasteiger partial charge in [-0.2, -0.15) is 0 Å². The standard InChI is InChI=1S/C16H30N4O.HI/c1-5-14(21)20-8-7-13(11-20)19-15(17-6-2)18-10-12-9-16(12,3)4;/h12-13H,5-11H2,1-4H3,(H2,17,18,19);1H. The van der Waals surface area contributed by atoms with Crippen LogP contribution < -0.4 is 10.6 Å². The zero-order valence-corrected chi connectivity index (χ0v) is 16.6. The van der Waals surface area contributed by atoms with Crippen LogP contribution in [0.5, 0.6) is 0 Å². The molecule has 1 saturated carbocycles. The molecule has 128 valence electrons. The fourth-order valence-electron chi connectivity index (χ4n) is 2.93. The van der Waals surface area contributed by atoms with Gasteiger partial charge in [-0.15, -0.1) is 24.0 Å². The highest BCUT2D eigenvalue weighted by molar-refractivity contribution is 14.0. The number of halogens is 1. The van der Waals surface area contributed by atoms with Crippen LogP contribution in [0, 0.1) is 11.3 Å². The Balaban J connectivity index is 0.00000242. The van der Waals surface area contributed by atoms with Crippen LogP contribution in [-0.4, -0.2) is 49.0 Å². The zero-order chi connectivity index (χ0) is 15.5. The number of aliphatic imine (C=N–C) groups is 1. The Kier molecular flexibility index (Phi) is 7.41. The third-order valence-corrected chi connectivity index (χ3v) is 4.72. The maximum absolute atomic E-state index is 11.7. The number of hydrogen-bond donors (Lipinski definition) is 2. The van der Waals surface area contributed by atoms with Gasteiger partial charge in [0, 0.05) is 38.6 Å². The van der Waals surface area contributed by atoms with Gasteiger partial charge in [-0.05, 0) is 31.1 Å². The Morgan fingerprint density at radius 2 is 2.05 bits per heavy atom. The molecule has 2 aliphatic rings. The van der Waals surface area contributed by atoms with Crippen LogP contribution in [0.2, 0.25) is 0 Å². The Morgan fingerprint density at radius 1 is 1.36 bits per heavy atom. The van der Waals surface area contributed by atoms with Crippen molar-refractivity contribution in [1.29, 1.82) is 0 Å². The highest BCUT2D eigenvalue weighted by Crippen LogP contribution is 2.51. The molecule has 0 aromatic carbocycles. The summed E-state index contributed by atoms with van der Waals surface area (Å²) >= 11 is 0. The number of guanidine groups is 1. The minimum atomic E-state index is 0. The van der Waals surface area contributed by atoms with Crippen molar-refractivity contribution in [2.75, 3.05) is 26.2 Å². The third-order valence-electron chi connectivity index (χ3n) is 4.72. The second kappa shape index (κ2) is 8.36. The van der Waals surface area contributed by atoms with E-state index in [0.29, 0.717) is 17.9 Å². The van der Waals surface area contributed by atoms with Gasteiger partial charge in [0.05, 0.1) is 0 Å². The molecule has 0 aromatic heterocycles. The van der Waals surface area contributed by atoms with E-state index in [0.717, 1.165) is 44.5 Å². The van der Waals surface area contributed by atoms with E-state index in [2.05, 4.69) is 31.4 Å². The van der Waals surface area contributed by atoms with E-state index in [9.17, 15) is 4.79 Å². The maximum atomic E-state index is 11.7. The van der Waals surface area contributed by atoms with Crippen LogP contribution in [0.3, 0.4) is 0 Å². The summed E-state index contributed by atoms with van der Waals surface area (Å²) in [5.74, 6) is 1.87. The van der Waals surface area contributed by atoms with Gasteiger partial charge in [-0.3, -0.25) is 9.79 Å². The van der Waals surface area contributed by atoms with Crippen LogP contribution in [0.15, 0.2) is 4.99 Å². The normalized spacial score (nSPS) is 26.4. The fraction of sp³-hybridized carbons (Fsp3) is 0.875. The number of rotatable bonds is 5. The van der Waals surface area contributed by atoms with E-state index < -0.39 is 0 Å². The first-order valence-corrected chi connectivity index (χ1v) is 8.29. The van der Waals surface area contributed by atoms with Crippen LogP contribution in [0.25, 0.3) is 0 Å². The molecule has 22 heavy (non-hydrogen) atoms. The second-order valence-corrected chi connectivity index (χ2v) is 6.93.